The molecule has 1 aliphatic heterocycles. The summed E-state index contributed by atoms with van der Waals surface area (Å²) in [5.41, 5.74) is -0.225. The zero-order valence-corrected chi connectivity index (χ0v) is 16.5. The SMILES string of the molecule is CCC(Sc1ccccc1)C(=O)N1CCC(CC)(NC(=O)CCl)CC1. The molecular weight excluding hydrogens is 356 g/mol. The maximum absolute atomic E-state index is 12.9. The molecule has 2 amide bonds. The molecule has 1 unspecified atom stereocenters. The number of carbonyl (C=O) groups is 2. The molecule has 0 aliphatic carbocycles. The van der Waals surface area contributed by atoms with Crippen molar-refractivity contribution in [3.63, 3.8) is 0 Å². The topological polar surface area (TPSA) is 49.4 Å². The highest BCUT2D eigenvalue weighted by atomic mass is 35.5. The van der Waals surface area contributed by atoms with Gasteiger partial charge in [-0.15, -0.1) is 23.4 Å². The van der Waals surface area contributed by atoms with Crippen LogP contribution >= 0.6 is 23.4 Å². The minimum atomic E-state index is -0.225. The van der Waals surface area contributed by atoms with E-state index < -0.39 is 0 Å². The van der Waals surface area contributed by atoms with Crippen molar-refractivity contribution in [2.75, 3.05) is 19.0 Å². The number of alkyl halides is 1. The highest BCUT2D eigenvalue weighted by Crippen LogP contribution is 2.30. The summed E-state index contributed by atoms with van der Waals surface area (Å²) in [4.78, 5) is 27.7. The molecule has 4 nitrogen and oxygen atoms in total. The molecule has 0 spiro atoms. The van der Waals surface area contributed by atoms with Crippen LogP contribution in [0.15, 0.2) is 35.2 Å². The van der Waals surface area contributed by atoms with Crippen LogP contribution in [0.3, 0.4) is 0 Å². The van der Waals surface area contributed by atoms with Crippen LogP contribution in [0, 0.1) is 0 Å². The number of piperidine rings is 1. The van der Waals surface area contributed by atoms with E-state index in [0.717, 1.165) is 30.6 Å². The first-order chi connectivity index (χ1) is 12.0. The largest absolute Gasteiger partial charge is 0.350 e. The standard InChI is InChI=1S/C19H27ClN2O2S/c1-3-16(25-15-8-6-5-7-9-15)18(24)22-12-10-19(4-2,11-13-22)21-17(23)14-20/h5-9,16H,3-4,10-14H2,1-2H3,(H,21,23). The predicted octanol–water partition coefficient (Wildman–Crippen LogP) is 3.68. The van der Waals surface area contributed by atoms with E-state index in [1.54, 1.807) is 11.8 Å². The van der Waals surface area contributed by atoms with Gasteiger partial charge in [-0.25, -0.2) is 0 Å². The summed E-state index contributed by atoms with van der Waals surface area (Å²) >= 11 is 7.26. The lowest BCUT2D eigenvalue weighted by Gasteiger charge is -2.42. The van der Waals surface area contributed by atoms with Gasteiger partial charge in [-0.05, 0) is 37.8 Å². The van der Waals surface area contributed by atoms with Gasteiger partial charge >= 0.3 is 0 Å². The van der Waals surface area contributed by atoms with Crippen LogP contribution in [-0.2, 0) is 9.59 Å². The molecule has 0 radical (unpaired) electrons. The third kappa shape index (κ3) is 5.38. The van der Waals surface area contributed by atoms with E-state index in [1.807, 2.05) is 35.2 Å². The third-order valence-electron chi connectivity index (χ3n) is 4.90. The first kappa shape index (κ1) is 20.1. The molecule has 6 heteroatoms. The highest BCUT2D eigenvalue weighted by Gasteiger charge is 2.36. The first-order valence-electron chi connectivity index (χ1n) is 8.91. The second-order valence-electron chi connectivity index (χ2n) is 6.47. The van der Waals surface area contributed by atoms with Crippen LogP contribution in [0.4, 0.5) is 0 Å². The molecule has 1 atom stereocenters. The summed E-state index contributed by atoms with van der Waals surface area (Å²) < 4.78 is 0. The Balaban J connectivity index is 1.96. The fraction of sp³-hybridized carbons (Fsp3) is 0.579. The summed E-state index contributed by atoms with van der Waals surface area (Å²) in [6, 6.07) is 10.1. The molecule has 2 rings (SSSR count). The summed E-state index contributed by atoms with van der Waals surface area (Å²) in [6.45, 7) is 5.49. The molecule has 1 aromatic carbocycles. The zero-order valence-electron chi connectivity index (χ0n) is 15.0. The normalized spacial score (nSPS) is 17.8. The van der Waals surface area contributed by atoms with Crippen molar-refractivity contribution in [2.45, 2.75) is 55.2 Å². The van der Waals surface area contributed by atoms with Gasteiger partial charge in [0.25, 0.3) is 0 Å². The van der Waals surface area contributed by atoms with E-state index in [0.29, 0.717) is 13.1 Å². The summed E-state index contributed by atoms with van der Waals surface area (Å²) in [5, 5.41) is 3.00. The Morgan fingerprint density at radius 1 is 1.24 bits per heavy atom. The molecule has 0 bridgehead atoms. The summed E-state index contributed by atoms with van der Waals surface area (Å²) in [7, 11) is 0. The van der Waals surface area contributed by atoms with Gasteiger partial charge in [0.15, 0.2) is 0 Å². The van der Waals surface area contributed by atoms with Crippen molar-refractivity contribution in [3.8, 4) is 0 Å². The van der Waals surface area contributed by atoms with Crippen LogP contribution in [-0.4, -0.2) is 46.5 Å². The van der Waals surface area contributed by atoms with Crippen molar-refractivity contribution in [2.24, 2.45) is 0 Å². The third-order valence-corrected chi connectivity index (χ3v) is 6.51. The molecule has 138 valence electrons. The lowest BCUT2D eigenvalue weighted by Crippen LogP contribution is -2.57. The second kappa shape index (κ2) is 9.48. The van der Waals surface area contributed by atoms with Crippen molar-refractivity contribution >= 4 is 35.2 Å². The Bertz CT molecular complexity index is 574. The lowest BCUT2D eigenvalue weighted by atomic mass is 9.84. The maximum Gasteiger partial charge on any atom is 0.236 e. The number of nitrogens with zero attached hydrogens (tertiary/aromatic N) is 1. The lowest BCUT2D eigenvalue weighted by molar-refractivity contribution is -0.132. The molecule has 25 heavy (non-hydrogen) atoms. The number of amides is 2. The number of hydrogen-bond donors (Lipinski definition) is 1. The van der Waals surface area contributed by atoms with Gasteiger partial charge in [0.05, 0.1) is 5.25 Å². The number of rotatable bonds is 7. The molecule has 1 fully saturated rings. The number of likely N-dealkylation sites (tertiary alicyclic amines) is 1. The van der Waals surface area contributed by atoms with Crippen molar-refractivity contribution < 1.29 is 9.59 Å². The van der Waals surface area contributed by atoms with E-state index in [4.69, 9.17) is 11.6 Å². The Morgan fingerprint density at radius 3 is 2.40 bits per heavy atom. The van der Waals surface area contributed by atoms with Crippen molar-refractivity contribution in [1.29, 1.82) is 0 Å². The van der Waals surface area contributed by atoms with Gasteiger partial charge in [0.2, 0.25) is 11.8 Å². The van der Waals surface area contributed by atoms with E-state index in [2.05, 4.69) is 19.2 Å². The quantitative estimate of drug-likeness (QED) is 0.578. The van der Waals surface area contributed by atoms with Crippen molar-refractivity contribution in [3.05, 3.63) is 30.3 Å². The van der Waals surface area contributed by atoms with Gasteiger partial charge in [-0.2, -0.15) is 0 Å². The minimum absolute atomic E-state index is 0.0178. The maximum atomic E-state index is 12.9. The molecule has 1 saturated heterocycles. The second-order valence-corrected chi connectivity index (χ2v) is 8.01. The van der Waals surface area contributed by atoms with E-state index in [1.165, 1.54) is 0 Å². The molecule has 1 N–H and O–H groups in total. The fourth-order valence-electron chi connectivity index (χ4n) is 3.23. The number of nitrogens with one attached hydrogen (secondary N) is 1. The molecule has 1 aromatic rings. The molecular formula is C19H27ClN2O2S. The summed E-state index contributed by atoms with van der Waals surface area (Å²) in [5.74, 6) is 0.0508. The number of carbonyl (C=O) groups excluding carboxylic acids is 2. The Morgan fingerprint density at radius 2 is 1.88 bits per heavy atom. The smallest absolute Gasteiger partial charge is 0.236 e. The predicted molar refractivity (Wildman–Crippen MR) is 104 cm³/mol. The Kier molecular flexibility index (Phi) is 7.63. The first-order valence-corrected chi connectivity index (χ1v) is 10.3. The average molecular weight is 383 g/mol. The number of thioether (sulfide) groups is 1. The highest BCUT2D eigenvalue weighted by molar-refractivity contribution is 8.00. The Hall–Kier alpha value is -1.20. The summed E-state index contributed by atoms with van der Waals surface area (Å²) in [6.07, 6.45) is 3.22. The van der Waals surface area contributed by atoms with Gasteiger partial charge in [0.1, 0.15) is 5.88 Å². The van der Waals surface area contributed by atoms with Crippen LogP contribution in [0.1, 0.15) is 39.5 Å². The zero-order chi connectivity index (χ0) is 18.3. The van der Waals surface area contributed by atoms with E-state index >= 15 is 0 Å². The molecule has 1 heterocycles. The van der Waals surface area contributed by atoms with E-state index in [-0.39, 0.29) is 28.5 Å². The van der Waals surface area contributed by atoms with E-state index in [9.17, 15) is 9.59 Å². The average Bonchev–Trinajstić information content (AvgIpc) is 2.66. The van der Waals surface area contributed by atoms with Gasteiger partial charge in [-0.3, -0.25) is 9.59 Å². The number of hydrogen-bond acceptors (Lipinski definition) is 3. The monoisotopic (exact) mass is 382 g/mol. The van der Waals surface area contributed by atoms with Crippen LogP contribution in [0.25, 0.3) is 0 Å². The number of benzene rings is 1. The molecule has 1 aliphatic rings. The van der Waals surface area contributed by atoms with Crippen LogP contribution < -0.4 is 5.32 Å². The fourth-order valence-corrected chi connectivity index (χ4v) is 4.35. The minimum Gasteiger partial charge on any atom is -0.350 e. The van der Waals surface area contributed by atoms with Gasteiger partial charge < -0.3 is 10.2 Å². The number of halogens is 1. The molecule has 0 saturated carbocycles. The van der Waals surface area contributed by atoms with Crippen LogP contribution in [0.2, 0.25) is 0 Å². The van der Waals surface area contributed by atoms with Crippen molar-refractivity contribution in [1.82, 2.24) is 10.2 Å². The van der Waals surface area contributed by atoms with Gasteiger partial charge in [0, 0.05) is 23.5 Å². The molecule has 0 aromatic heterocycles. The van der Waals surface area contributed by atoms with Gasteiger partial charge in [-0.1, -0.05) is 32.0 Å². The Labute approximate surface area is 159 Å². The van der Waals surface area contributed by atoms with Crippen LogP contribution in [0.5, 0.6) is 0 Å².